The lowest BCUT2D eigenvalue weighted by Crippen LogP contribution is -2.01. The topological polar surface area (TPSA) is 36.3 Å². The molecule has 0 atom stereocenters. The second-order valence-electron chi connectivity index (χ2n) is 6.02. The van der Waals surface area contributed by atoms with Crippen LogP contribution >= 0.6 is 11.3 Å². The summed E-state index contributed by atoms with van der Waals surface area (Å²) in [6, 6.07) is 8.11. The van der Waals surface area contributed by atoms with Crippen molar-refractivity contribution < 1.29 is 9.47 Å². The summed E-state index contributed by atoms with van der Waals surface area (Å²) < 4.78 is 13.3. The molecule has 0 spiro atoms. The molecule has 0 aliphatic heterocycles. The molecule has 2 aromatic heterocycles. The molecular weight excluding hydrogens is 332 g/mol. The van der Waals surface area contributed by atoms with Gasteiger partial charge in [-0.2, -0.15) is 0 Å². The molecule has 4 nitrogen and oxygen atoms in total. The Kier molecular flexibility index (Phi) is 5.13. The van der Waals surface area contributed by atoms with Gasteiger partial charge in [-0.05, 0) is 38.5 Å². The second-order valence-corrected chi connectivity index (χ2v) is 6.87. The first-order chi connectivity index (χ1) is 12.1. The summed E-state index contributed by atoms with van der Waals surface area (Å²) in [5.74, 6) is 1.44. The van der Waals surface area contributed by atoms with Gasteiger partial charge in [-0.15, -0.1) is 11.3 Å². The number of nitrogens with zero attached hydrogens (tertiary/aromatic N) is 2. The molecule has 0 bridgehead atoms. The molecule has 0 fully saturated rings. The SMILES string of the molecule is CCCn1c(C)cc(-c2csc(-c3cccc(OC)c3OC)n2)c1C. The molecule has 0 saturated carbocycles. The van der Waals surface area contributed by atoms with E-state index in [1.165, 1.54) is 17.0 Å². The van der Waals surface area contributed by atoms with Crippen LogP contribution < -0.4 is 9.47 Å². The minimum atomic E-state index is 0.720. The first kappa shape index (κ1) is 17.5. The van der Waals surface area contributed by atoms with Gasteiger partial charge in [0.2, 0.25) is 0 Å². The molecule has 5 heteroatoms. The highest BCUT2D eigenvalue weighted by molar-refractivity contribution is 7.13. The molecular formula is C20H24N2O2S. The Labute approximate surface area is 153 Å². The number of hydrogen-bond donors (Lipinski definition) is 0. The number of thiazole rings is 1. The van der Waals surface area contributed by atoms with Gasteiger partial charge in [-0.25, -0.2) is 4.98 Å². The fourth-order valence-electron chi connectivity index (χ4n) is 3.20. The fourth-order valence-corrected chi connectivity index (χ4v) is 4.05. The molecule has 0 N–H and O–H groups in total. The van der Waals surface area contributed by atoms with Crippen LogP contribution in [0.4, 0.5) is 0 Å². The second kappa shape index (κ2) is 7.31. The summed E-state index contributed by atoms with van der Waals surface area (Å²) in [6.07, 6.45) is 1.12. The van der Waals surface area contributed by atoms with Crippen molar-refractivity contribution in [1.82, 2.24) is 9.55 Å². The molecule has 0 unspecified atom stereocenters. The van der Waals surface area contributed by atoms with Crippen LogP contribution in [0.25, 0.3) is 21.8 Å². The summed E-state index contributed by atoms with van der Waals surface area (Å²) >= 11 is 1.63. The number of para-hydroxylation sites is 1. The van der Waals surface area contributed by atoms with Gasteiger partial charge in [0.05, 0.1) is 25.5 Å². The Hall–Kier alpha value is -2.27. The number of ether oxygens (including phenoxy) is 2. The maximum Gasteiger partial charge on any atom is 0.170 e. The third kappa shape index (κ3) is 3.16. The van der Waals surface area contributed by atoms with Gasteiger partial charge in [-0.1, -0.05) is 13.0 Å². The van der Waals surface area contributed by atoms with E-state index in [0.29, 0.717) is 0 Å². The largest absolute Gasteiger partial charge is 0.493 e. The van der Waals surface area contributed by atoms with Crippen molar-refractivity contribution in [2.75, 3.05) is 14.2 Å². The van der Waals surface area contributed by atoms with Gasteiger partial charge in [0.15, 0.2) is 11.5 Å². The van der Waals surface area contributed by atoms with Gasteiger partial charge in [0.25, 0.3) is 0 Å². The van der Waals surface area contributed by atoms with E-state index in [2.05, 4.69) is 36.8 Å². The molecule has 0 aliphatic rings. The predicted octanol–water partition coefficient (Wildman–Crippen LogP) is 5.32. The molecule has 0 saturated heterocycles. The molecule has 25 heavy (non-hydrogen) atoms. The van der Waals surface area contributed by atoms with Crippen molar-refractivity contribution in [1.29, 1.82) is 0 Å². The van der Waals surface area contributed by atoms with Crippen LogP contribution in [0.2, 0.25) is 0 Å². The van der Waals surface area contributed by atoms with Crippen molar-refractivity contribution in [3.05, 3.63) is 41.0 Å². The minimum Gasteiger partial charge on any atom is -0.493 e. The zero-order valence-electron chi connectivity index (χ0n) is 15.4. The Morgan fingerprint density at radius 1 is 1.12 bits per heavy atom. The number of aryl methyl sites for hydroxylation is 1. The minimum absolute atomic E-state index is 0.720. The first-order valence-corrected chi connectivity index (χ1v) is 9.32. The van der Waals surface area contributed by atoms with Crippen molar-refractivity contribution >= 4 is 11.3 Å². The summed E-state index contributed by atoms with van der Waals surface area (Å²) in [7, 11) is 3.31. The van der Waals surface area contributed by atoms with Gasteiger partial charge >= 0.3 is 0 Å². The Balaban J connectivity index is 2.04. The van der Waals surface area contributed by atoms with E-state index >= 15 is 0 Å². The lowest BCUT2D eigenvalue weighted by atomic mass is 10.1. The molecule has 0 amide bonds. The average Bonchev–Trinajstić information content (AvgIpc) is 3.21. The zero-order chi connectivity index (χ0) is 18.0. The summed E-state index contributed by atoms with van der Waals surface area (Å²) in [5.41, 5.74) is 5.73. The lowest BCUT2D eigenvalue weighted by molar-refractivity contribution is 0.356. The van der Waals surface area contributed by atoms with Crippen LogP contribution in [0.5, 0.6) is 11.5 Å². The Morgan fingerprint density at radius 2 is 1.92 bits per heavy atom. The number of methoxy groups -OCH3 is 2. The van der Waals surface area contributed by atoms with E-state index in [4.69, 9.17) is 14.5 Å². The van der Waals surface area contributed by atoms with Crippen molar-refractivity contribution in [2.45, 2.75) is 33.7 Å². The zero-order valence-corrected chi connectivity index (χ0v) is 16.2. The number of aromatic nitrogens is 2. The molecule has 0 aliphatic carbocycles. The molecule has 2 heterocycles. The monoisotopic (exact) mass is 356 g/mol. The number of hydrogen-bond acceptors (Lipinski definition) is 4. The van der Waals surface area contributed by atoms with Crippen molar-refractivity contribution in [3.63, 3.8) is 0 Å². The highest BCUT2D eigenvalue weighted by Gasteiger charge is 2.17. The van der Waals surface area contributed by atoms with Gasteiger partial charge in [0.1, 0.15) is 5.01 Å². The third-order valence-electron chi connectivity index (χ3n) is 4.43. The lowest BCUT2D eigenvalue weighted by Gasteiger charge is -2.10. The quantitative estimate of drug-likeness (QED) is 0.599. The summed E-state index contributed by atoms with van der Waals surface area (Å²) in [4.78, 5) is 4.88. The van der Waals surface area contributed by atoms with Crippen LogP contribution in [0.15, 0.2) is 29.6 Å². The van der Waals surface area contributed by atoms with E-state index < -0.39 is 0 Å². The van der Waals surface area contributed by atoms with Crippen molar-refractivity contribution in [2.24, 2.45) is 0 Å². The Bertz CT molecular complexity index is 880. The normalized spacial score (nSPS) is 10.9. The maximum absolute atomic E-state index is 5.55. The van der Waals surface area contributed by atoms with E-state index in [9.17, 15) is 0 Å². The van der Waals surface area contributed by atoms with E-state index in [0.717, 1.165) is 40.7 Å². The third-order valence-corrected chi connectivity index (χ3v) is 5.31. The highest BCUT2D eigenvalue weighted by atomic mass is 32.1. The van der Waals surface area contributed by atoms with Crippen LogP contribution in [0.1, 0.15) is 24.7 Å². The predicted molar refractivity (Wildman–Crippen MR) is 104 cm³/mol. The van der Waals surface area contributed by atoms with Gasteiger partial charge in [-0.3, -0.25) is 0 Å². The van der Waals surface area contributed by atoms with Crippen LogP contribution in [0.3, 0.4) is 0 Å². The van der Waals surface area contributed by atoms with Gasteiger partial charge < -0.3 is 14.0 Å². The molecule has 1 aromatic carbocycles. The van der Waals surface area contributed by atoms with Crippen LogP contribution in [0, 0.1) is 13.8 Å². The number of rotatable bonds is 6. The maximum atomic E-state index is 5.55. The number of benzene rings is 1. The van der Waals surface area contributed by atoms with E-state index in [-0.39, 0.29) is 0 Å². The fraction of sp³-hybridized carbons (Fsp3) is 0.350. The first-order valence-electron chi connectivity index (χ1n) is 8.44. The summed E-state index contributed by atoms with van der Waals surface area (Å²) in [5, 5.41) is 3.05. The van der Waals surface area contributed by atoms with E-state index in [1.54, 1.807) is 25.6 Å². The molecule has 0 radical (unpaired) electrons. The summed E-state index contributed by atoms with van der Waals surface area (Å²) in [6.45, 7) is 7.57. The molecule has 3 rings (SSSR count). The standard InChI is InChI=1S/C20H24N2O2S/c1-6-10-22-13(2)11-16(14(22)3)17-12-25-20(21-17)15-8-7-9-18(23-4)19(15)24-5/h7-9,11-12H,6,10H2,1-5H3. The average molecular weight is 356 g/mol. The van der Waals surface area contributed by atoms with Crippen LogP contribution in [-0.4, -0.2) is 23.8 Å². The van der Waals surface area contributed by atoms with Crippen molar-refractivity contribution in [3.8, 4) is 33.3 Å². The highest BCUT2D eigenvalue weighted by Crippen LogP contribution is 2.40. The van der Waals surface area contributed by atoms with E-state index in [1.807, 2.05) is 18.2 Å². The molecule has 132 valence electrons. The van der Waals surface area contributed by atoms with Gasteiger partial charge in [0, 0.05) is 28.9 Å². The smallest absolute Gasteiger partial charge is 0.170 e. The Morgan fingerprint density at radius 3 is 2.60 bits per heavy atom. The molecule has 3 aromatic rings. The van der Waals surface area contributed by atoms with Crippen LogP contribution in [-0.2, 0) is 6.54 Å².